The average Bonchev–Trinajstić information content (AvgIpc) is 2.52. The van der Waals surface area contributed by atoms with Gasteiger partial charge in [-0.3, -0.25) is 4.79 Å². The number of carbonyl (C=O) groups excluding carboxylic acids is 1. The molecule has 0 aromatic heterocycles. The van der Waals surface area contributed by atoms with Gasteiger partial charge in [0.2, 0.25) is 0 Å². The molecule has 0 atom stereocenters. The summed E-state index contributed by atoms with van der Waals surface area (Å²) in [5.41, 5.74) is 2.80. The SMILES string of the molecule is CCOCCCNC(=O)COc1ccc2c(c1)CCCC2. The van der Waals surface area contributed by atoms with Crippen LogP contribution in [0.4, 0.5) is 0 Å². The molecular weight excluding hydrogens is 266 g/mol. The van der Waals surface area contributed by atoms with Crippen LogP contribution in [0.25, 0.3) is 0 Å². The van der Waals surface area contributed by atoms with E-state index in [4.69, 9.17) is 9.47 Å². The van der Waals surface area contributed by atoms with E-state index < -0.39 is 0 Å². The lowest BCUT2D eigenvalue weighted by Crippen LogP contribution is -2.30. The van der Waals surface area contributed by atoms with Crippen molar-refractivity contribution in [3.63, 3.8) is 0 Å². The van der Waals surface area contributed by atoms with E-state index in [2.05, 4.69) is 17.4 Å². The molecule has 1 aromatic rings. The predicted octanol–water partition coefficient (Wildman–Crippen LogP) is 2.49. The van der Waals surface area contributed by atoms with Crippen LogP contribution in [0.15, 0.2) is 18.2 Å². The van der Waals surface area contributed by atoms with E-state index in [0.717, 1.165) is 31.6 Å². The van der Waals surface area contributed by atoms with Crippen molar-refractivity contribution in [2.45, 2.75) is 39.0 Å². The summed E-state index contributed by atoms with van der Waals surface area (Å²) in [4.78, 5) is 11.7. The number of hydrogen-bond acceptors (Lipinski definition) is 3. The molecule has 0 spiro atoms. The minimum absolute atomic E-state index is 0.0768. The lowest BCUT2D eigenvalue weighted by Gasteiger charge is -2.16. The molecule has 1 aliphatic rings. The molecule has 116 valence electrons. The summed E-state index contributed by atoms with van der Waals surface area (Å²) in [5.74, 6) is 0.712. The highest BCUT2D eigenvalue weighted by atomic mass is 16.5. The first-order chi connectivity index (χ1) is 10.3. The van der Waals surface area contributed by atoms with Gasteiger partial charge in [-0.15, -0.1) is 0 Å². The molecular formula is C17H25NO3. The second kappa shape index (κ2) is 8.67. The van der Waals surface area contributed by atoms with E-state index in [1.54, 1.807) is 0 Å². The number of nitrogens with one attached hydrogen (secondary N) is 1. The molecule has 1 aliphatic carbocycles. The Morgan fingerprint density at radius 1 is 1.24 bits per heavy atom. The van der Waals surface area contributed by atoms with E-state index >= 15 is 0 Å². The summed E-state index contributed by atoms with van der Waals surface area (Å²) in [6.45, 7) is 4.07. The predicted molar refractivity (Wildman–Crippen MR) is 82.7 cm³/mol. The molecule has 0 heterocycles. The maximum absolute atomic E-state index is 11.7. The third-order valence-electron chi connectivity index (χ3n) is 3.68. The van der Waals surface area contributed by atoms with E-state index in [1.807, 2.05) is 13.0 Å². The van der Waals surface area contributed by atoms with Crippen molar-refractivity contribution in [2.24, 2.45) is 0 Å². The zero-order chi connectivity index (χ0) is 14.9. The minimum atomic E-state index is -0.0794. The summed E-state index contributed by atoms with van der Waals surface area (Å²) in [6.07, 6.45) is 5.64. The molecule has 2 rings (SSSR count). The standard InChI is InChI=1S/C17H25NO3/c1-2-20-11-5-10-18-17(19)13-21-16-9-8-14-6-3-4-7-15(14)12-16/h8-9,12H,2-7,10-11,13H2,1H3,(H,18,19). The topological polar surface area (TPSA) is 47.6 Å². The second-order valence-electron chi connectivity index (χ2n) is 5.33. The van der Waals surface area contributed by atoms with E-state index in [0.29, 0.717) is 13.2 Å². The van der Waals surface area contributed by atoms with Crippen LogP contribution < -0.4 is 10.1 Å². The monoisotopic (exact) mass is 291 g/mol. The fraction of sp³-hybridized carbons (Fsp3) is 0.588. The minimum Gasteiger partial charge on any atom is -0.484 e. The second-order valence-corrected chi connectivity index (χ2v) is 5.33. The maximum Gasteiger partial charge on any atom is 0.257 e. The number of hydrogen-bond donors (Lipinski definition) is 1. The zero-order valence-electron chi connectivity index (χ0n) is 12.8. The first-order valence-corrected chi connectivity index (χ1v) is 7.88. The highest BCUT2D eigenvalue weighted by Gasteiger charge is 2.10. The number of fused-ring (bicyclic) bond motifs is 1. The largest absolute Gasteiger partial charge is 0.484 e. The van der Waals surface area contributed by atoms with Crippen LogP contribution in [0.5, 0.6) is 5.75 Å². The Hall–Kier alpha value is -1.55. The molecule has 1 N–H and O–H groups in total. The smallest absolute Gasteiger partial charge is 0.257 e. The normalized spacial score (nSPS) is 13.6. The van der Waals surface area contributed by atoms with Gasteiger partial charge in [0.25, 0.3) is 5.91 Å². The van der Waals surface area contributed by atoms with Crippen molar-refractivity contribution in [1.82, 2.24) is 5.32 Å². The van der Waals surface area contributed by atoms with Gasteiger partial charge in [-0.2, -0.15) is 0 Å². The summed E-state index contributed by atoms with van der Waals surface area (Å²) >= 11 is 0. The Kier molecular flexibility index (Phi) is 6.54. The van der Waals surface area contributed by atoms with Crippen molar-refractivity contribution in [2.75, 3.05) is 26.4 Å². The Bertz CT molecular complexity index is 459. The van der Waals surface area contributed by atoms with Gasteiger partial charge in [0.15, 0.2) is 6.61 Å². The molecule has 21 heavy (non-hydrogen) atoms. The highest BCUT2D eigenvalue weighted by molar-refractivity contribution is 5.77. The van der Waals surface area contributed by atoms with Gasteiger partial charge in [-0.1, -0.05) is 6.07 Å². The van der Waals surface area contributed by atoms with E-state index in [9.17, 15) is 4.79 Å². The average molecular weight is 291 g/mol. The lowest BCUT2D eigenvalue weighted by molar-refractivity contribution is -0.123. The van der Waals surface area contributed by atoms with Gasteiger partial charge in [-0.05, 0) is 62.3 Å². The molecule has 4 heteroatoms. The molecule has 0 radical (unpaired) electrons. The Balaban J connectivity index is 1.69. The molecule has 0 saturated carbocycles. The number of carbonyl (C=O) groups is 1. The van der Waals surface area contributed by atoms with Crippen LogP contribution in [-0.4, -0.2) is 32.3 Å². The van der Waals surface area contributed by atoms with Crippen molar-refractivity contribution in [1.29, 1.82) is 0 Å². The van der Waals surface area contributed by atoms with Gasteiger partial charge < -0.3 is 14.8 Å². The fourth-order valence-electron chi connectivity index (χ4n) is 2.55. The van der Waals surface area contributed by atoms with Gasteiger partial charge >= 0.3 is 0 Å². The fourth-order valence-corrected chi connectivity index (χ4v) is 2.55. The Morgan fingerprint density at radius 3 is 2.86 bits per heavy atom. The quantitative estimate of drug-likeness (QED) is 0.749. The highest BCUT2D eigenvalue weighted by Crippen LogP contribution is 2.25. The maximum atomic E-state index is 11.7. The summed E-state index contributed by atoms with van der Waals surface area (Å²) < 4.78 is 10.8. The molecule has 1 aromatic carbocycles. The van der Waals surface area contributed by atoms with Crippen LogP contribution in [0.1, 0.15) is 37.3 Å². The van der Waals surface area contributed by atoms with Crippen molar-refractivity contribution < 1.29 is 14.3 Å². The molecule has 4 nitrogen and oxygen atoms in total. The summed E-state index contributed by atoms with van der Waals surface area (Å²) in [6, 6.07) is 6.17. The number of ether oxygens (including phenoxy) is 2. The van der Waals surface area contributed by atoms with Crippen molar-refractivity contribution in [3.8, 4) is 5.75 Å². The molecule has 0 aliphatic heterocycles. The van der Waals surface area contributed by atoms with Gasteiger partial charge in [0.1, 0.15) is 5.75 Å². The van der Waals surface area contributed by atoms with Crippen molar-refractivity contribution in [3.05, 3.63) is 29.3 Å². The Labute approximate surface area is 126 Å². The third-order valence-corrected chi connectivity index (χ3v) is 3.68. The molecule has 1 amide bonds. The van der Waals surface area contributed by atoms with Crippen LogP contribution in [-0.2, 0) is 22.4 Å². The van der Waals surface area contributed by atoms with E-state index in [-0.39, 0.29) is 12.5 Å². The first kappa shape index (κ1) is 15.8. The molecule has 0 unspecified atom stereocenters. The summed E-state index contributed by atoms with van der Waals surface area (Å²) in [7, 11) is 0. The number of amides is 1. The van der Waals surface area contributed by atoms with Crippen molar-refractivity contribution >= 4 is 5.91 Å². The lowest BCUT2D eigenvalue weighted by atomic mass is 9.92. The van der Waals surface area contributed by atoms with Crippen LogP contribution >= 0.6 is 0 Å². The molecule has 0 saturated heterocycles. The van der Waals surface area contributed by atoms with Gasteiger partial charge in [-0.25, -0.2) is 0 Å². The number of rotatable bonds is 8. The third kappa shape index (κ3) is 5.38. The number of benzene rings is 1. The van der Waals surface area contributed by atoms with Crippen LogP contribution in [0.3, 0.4) is 0 Å². The molecule has 0 bridgehead atoms. The molecule has 0 fully saturated rings. The Morgan fingerprint density at radius 2 is 2.05 bits per heavy atom. The van der Waals surface area contributed by atoms with Gasteiger partial charge in [0.05, 0.1) is 0 Å². The van der Waals surface area contributed by atoms with E-state index in [1.165, 1.54) is 24.0 Å². The zero-order valence-corrected chi connectivity index (χ0v) is 12.8. The first-order valence-electron chi connectivity index (χ1n) is 7.88. The summed E-state index contributed by atoms with van der Waals surface area (Å²) in [5, 5.41) is 2.83. The van der Waals surface area contributed by atoms with Crippen LogP contribution in [0, 0.1) is 0 Å². The number of aryl methyl sites for hydroxylation is 2. The van der Waals surface area contributed by atoms with Crippen LogP contribution in [0.2, 0.25) is 0 Å². The van der Waals surface area contributed by atoms with Gasteiger partial charge in [0, 0.05) is 19.8 Å².